The molecule has 1 aliphatic rings. The Morgan fingerprint density at radius 2 is 1.89 bits per heavy atom. The van der Waals surface area contributed by atoms with E-state index in [-0.39, 0.29) is 5.91 Å². The number of hydrogen-bond acceptors (Lipinski definition) is 7. The number of piperidine rings is 1. The third-order valence-corrected chi connectivity index (χ3v) is 5.47. The number of carbonyl (C=O) groups excluding carboxylic acids is 1. The molecule has 1 saturated heterocycles. The van der Waals surface area contributed by atoms with Gasteiger partial charge in [-0.25, -0.2) is 14.6 Å². The maximum Gasteiger partial charge on any atom is 0.227 e. The van der Waals surface area contributed by atoms with E-state index in [2.05, 4.69) is 30.7 Å². The molecule has 0 aromatic carbocycles. The first-order valence-electron chi connectivity index (χ1n) is 9.27. The van der Waals surface area contributed by atoms with Gasteiger partial charge in [0.2, 0.25) is 11.9 Å². The van der Waals surface area contributed by atoms with Gasteiger partial charge in [-0.1, -0.05) is 11.8 Å². The summed E-state index contributed by atoms with van der Waals surface area (Å²) in [6.45, 7) is 5.91. The Labute approximate surface area is 164 Å². The van der Waals surface area contributed by atoms with Crippen LogP contribution in [0.4, 0.5) is 5.95 Å². The smallest absolute Gasteiger partial charge is 0.227 e. The highest BCUT2D eigenvalue weighted by Gasteiger charge is 2.21. The van der Waals surface area contributed by atoms with Crippen LogP contribution < -0.4 is 10.6 Å². The monoisotopic (exact) mass is 389 g/mol. The summed E-state index contributed by atoms with van der Waals surface area (Å²) in [5.74, 6) is 1.62. The second-order valence-corrected chi connectivity index (χ2v) is 7.62. The highest BCUT2D eigenvalue weighted by atomic mass is 32.2. The lowest BCUT2D eigenvalue weighted by Crippen LogP contribution is -2.27. The zero-order valence-corrected chi connectivity index (χ0v) is 17.2. The Morgan fingerprint density at radius 1 is 1.22 bits per heavy atom. The lowest BCUT2D eigenvalue weighted by Gasteiger charge is -2.19. The van der Waals surface area contributed by atoms with E-state index in [1.165, 1.54) is 11.8 Å². The van der Waals surface area contributed by atoms with E-state index < -0.39 is 0 Å². The molecule has 1 amide bonds. The maximum atomic E-state index is 12.4. The van der Waals surface area contributed by atoms with Crippen LogP contribution >= 0.6 is 11.8 Å². The van der Waals surface area contributed by atoms with Crippen molar-refractivity contribution in [2.45, 2.75) is 50.6 Å². The number of amides is 1. The van der Waals surface area contributed by atoms with Crippen LogP contribution in [-0.4, -0.2) is 50.0 Å². The fourth-order valence-electron chi connectivity index (χ4n) is 3.35. The van der Waals surface area contributed by atoms with Crippen molar-refractivity contribution in [3.63, 3.8) is 0 Å². The fourth-order valence-corrected chi connectivity index (χ4v) is 3.81. The number of thioether (sulfide) groups is 1. The quantitative estimate of drug-likeness (QED) is 0.576. The zero-order valence-electron chi connectivity index (χ0n) is 16.4. The molecule has 0 unspecified atom stereocenters. The van der Waals surface area contributed by atoms with Gasteiger partial charge < -0.3 is 5.32 Å². The molecule has 3 heterocycles. The Bertz CT molecular complexity index is 791. The molecule has 3 rings (SSSR count). The van der Waals surface area contributed by atoms with Crippen molar-refractivity contribution in [3.05, 3.63) is 22.8 Å². The van der Waals surface area contributed by atoms with Crippen molar-refractivity contribution < 1.29 is 4.79 Å². The van der Waals surface area contributed by atoms with Crippen LogP contribution in [0.1, 0.15) is 48.0 Å². The van der Waals surface area contributed by atoms with Crippen molar-refractivity contribution in [1.82, 2.24) is 30.0 Å². The van der Waals surface area contributed by atoms with E-state index in [9.17, 15) is 4.79 Å². The average Bonchev–Trinajstić information content (AvgIpc) is 3.02. The van der Waals surface area contributed by atoms with Gasteiger partial charge in [-0.15, -0.1) is 0 Å². The summed E-state index contributed by atoms with van der Waals surface area (Å²) in [5.41, 5.74) is 2.91. The van der Waals surface area contributed by atoms with Crippen molar-refractivity contribution in [1.29, 1.82) is 0 Å². The maximum absolute atomic E-state index is 12.4. The molecule has 8 nitrogen and oxygen atoms in total. The minimum absolute atomic E-state index is 0.0740. The minimum atomic E-state index is -0.0740. The average molecular weight is 390 g/mol. The predicted octanol–water partition coefficient (Wildman–Crippen LogP) is 1.98. The molecule has 0 aliphatic carbocycles. The van der Waals surface area contributed by atoms with Crippen molar-refractivity contribution in [2.24, 2.45) is 7.05 Å². The Kier molecular flexibility index (Phi) is 6.43. The van der Waals surface area contributed by atoms with Gasteiger partial charge in [0.25, 0.3) is 0 Å². The van der Waals surface area contributed by atoms with Crippen LogP contribution in [0.2, 0.25) is 0 Å². The summed E-state index contributed by atoms with van der Waals surface area (Å²) in [5, 5.41) is 11.5. The number of nitrogens with one attached hydrogen (secondary N) is 2. The molecular formula is C18H27N7OS. The molecule has 0 atom stereocenters. The topological polar surface area (TPSA) is 97.6 Å². The molecule has 0 bridgehead atoms. The van der Waals surface area contributed by atoms with Gasteiger partial charge >= 0.3 is 0 Å². The summed E-state index contributed by atoms with van der Waals surface area (Å²) >= 11 is 1.52. The number of rotatable bonds is 6. The predicted molar refractivity (Wildman–Crippen MR) is 106 cm³/mol. The number of nitrogens with zero attached hydrogens (tertiary/aromatic N) is 5. The van der Waals surface area contributed by atoms with E-state index in [0.29, 0.717) is 24.7 Å². The fraction of sp³-hybridized carbons (Fsp3) is 0.611. The molecule has 1 aliphatic heterocycles. The Morgan fingerprint density at radius 3 is 2.52 bits per heavy atom. The van der Waals surface area contributed by atoms with E-state index in [0.717, 1.165) is 53.9 Å². The van der Waals surface area contributed by atoms with E-state index in [1.54, 1.807) is 4.68 Å². The molecule has 0 radical (unpaired) electrons. The molecule has 146 valence electrons. The molecule has 2 aromatic rings. The molecule has 2 aromatic heterocycles. The first-order chi connectivity index (χ1) is 13.0. The largest absolute Gasteiger partial charge is 0.317 e. The van der Waals surface area contributed by atoms with Crippen LogP contribution in [0.25, 0.3) is 0 Å². The van der Waals surface area contributed by atoms with Crippen LogP contribution in [0.5, 0.6) is 0 Å². The van der Waals surface area contributed by atoms with Gasteiger partial charge in [0.1, 0.15) is 0 Å². The van der Waals surface area contributed by atoms with E-state index in [4.69, 9.17) is 0 Å². The third kappa shape index (κ3) is 4.84. The van der Waals surface area contributed by atoms with E-state index >= 15 is 0 Å². The second-order valence-electron chi connectivity index (χ2n) is 6.85. The van der Waals surface area contributed by atoms with Crippen molar-refractivity contribution in [2.75, 3.05) is 24.7 Å². The van der Waals surface area contributed by atoms with Crippen LogP contribution in [-0.2, 0) is 18.3 Å². The number of aryl methyl sites for hydroxylation is 3. The van der Waals surface area contributed by atoms with Gasteiger partial charge in [-0.3, -0.25) is 10.1 Å². The van der Waals surface area contributed by atoms with Gasteiger partial charge in [0.15, 0.2) is 11.0 Å². The Hall–Kier alpha value is -2.00. The van der Waals surface area contributed by atoms with Gasteiger partial charge in [-0.2, -0.15) is 10.1 Å². The minimum Gasteiger partial charge on any atom is -0.317 e. The molecule has 27 heavy (non-hydrogen) atoms. The molecule has 0 saturated carbocycles. The second kappa shape index (κ2) is 8.79. The van der Waals surface area contributed by atoms with Crippen LogP contribution in [0.3, 0.4) is 0 Å². The van der Waals surface area contributed by atoms with E-state index in [1.807, 2.05) is 27.2 Å². The summed E-state index contributed by atoms with van der Waals surface area (Å²) < 4.78 is 1.65. The lowest BCUT2D eigenvalue weighted by molar-refractivity contribution is -0.116. The van der Waals surface area contributed by atoms with Crippen LogP contribution in [0.15, 0.2) is 5.16 Å². The summed E-state index contributed by atoms with van der Waals surface area (Å²) in [4.78, 5) is 25.9. The highest BCUT2D eigenvalue weighted by Crippen LogP contribution is 2.23. The Balaban J connectivity index is 1.61. The summed E-state index contributed by atoms with van der Waals surface area (Å²) in [6, 6.07) is 0. The van der Waals surface area contributed by atoms with Crippen molar-refractivity contribution >= 4 is 23.6 Å². The standard InChI is InChI=1S/C18H27N7OS/c1-11-14(12(2)21-18(20-11)27-4)5-6-15(26)22-17-23-16(24-25(17)3)13-7-9-19-10-8-13/h13,19H,5-10H2,1-4H3,(H,22,23,24,26). The summed E-state index contributed by atoms with van der Waals surface area (Å²) in [7, 11) is 1.82. The normalized spacial score (nSPS) is 15.1. The molecule has 2 N–H and O–H groups in total. The SMILES string of the molecule is CSc1nc(C)c(CCC(=O)Nc2nc(C3CCNCC3)nn2C)c(C)n1. The van der Waals surface area contributed by atoms with Gasteiger partial charge in [0, 0.05) is 30.8 Å². The lowest BCUT2D eigenvalue weighted by atomic mass is 9.98. The first kappa shape index (κ1) is 19.8. The number of aromatic nitrogens is 5. The van der Waals surface area contributed by atoms with Crippen molar-refractivity contribution in [3.8, 4) is 0 Å². The van der Waals surface area contributed by atoms with Crippen LogP contribution in [0, 0.1) is 13.8 Å². The van der Waals surface area contributed by atoms with Gasteiger partial charge in [-0.05, 0) is 58.0 Å². The summed E-state index contributed by atoms with van der Waals surface area (Å²) in [6.07, 6.45) is 4.99. The molecule has 0 spiro atoms. The molecular weight excluding hydrogens is 362 g/mol. The molecule has 9 heteroatoms. The highest BCUT2D eigenvalue weighted by molar-refractivity contribution is 7.98. The number of hydrogen-bond donors (Lipinski definition) is 2. The molecule has 1 fully saturated rings. The first-order valence-corrected chi connectivity index (χ1v) is 10.5. The number of anilines is 1. The zero-order chi connectivity index (χ0) is 19.4. The van der Waals surface area contributed by atoms with Gasteiger partial charge in [0.05, 0.1) is 0 Å². The number of carbonyl (C=O) groups is 1. The third-order valence-electron chi connectivity index (χ3n) is 4.92.